The third kappa shape index (κ3) is 6.57. The molecule has 148 valence electrons. The molecule has 1 heterocycles. The predicted octanol–water partition coefficient (Wildman–Crippen LogP) is 3.37. The van der Waals surface area contributed by atoms with E-state index in [2.05, 4.69) is 34.3 Å². The van der Waals surface area contributed by atoms with Gasteiger partial charge >= 0.3 is 0 Å². The van der Waals surface area contributed by atoms with Crippen molar-refractivity contribution in [2.24, 2.45) is 4.99 Å². The number of nitrogens with zero attached hydrogens (tertiary/aromatic N) is 4. The number of halogens is 1. The van der Waals surface area contributed by atoms with Crippen LogP contribution in [0.5, 0.6) is 5.75 Å². The van der Waals surface area contributed by atoms with Crippen LogP contribution in [-0.4, -0.2) is 50.6 Å². The zero-order chi connectivity index (χ0) is 18.9. The van der Waals surface area contributed by atoms with Crippen molar-refractivity contribution in [2.45, 2.75) is 20.0 Å². The SMILES string of the molecule is CCNC(=NCc1cccnc1N(C)C)N(C)Cc1ccccc1OC.I. The summed E-state index contributed by atoms with van der Waals surface area (Å²) in [5, 5.41) is 3.36. The highest BCUT2D eigenvalue weighted by molar-refractivity contribution is 14.0. The molecule has 2 aromatic rings. The van der Waals surface area contributed by atoms with E-state index >= 15 is 0 Å². The standard InChI is InChI=1S/C20H29N5O.HI/c1-6-21-20(23-14-16-11-9-13-22-19(16)24(2)3)25(4)15-17-10-7-8-12-18(17)26-5;/h7-13H,6,14-15H2,1-5H3,(H,21,23);1H. The monoisotopic (exact) mass is 483 g/mol. The van der Waals surface area contributed by atoms with Gasteiger partial charge < -0.3 is 19.9 Å². The molecule has 0 aliphatic carbocycles. The highest BCUT2D eigenvalue weighted by atomic mass is 127. The van der Waals surface area contributed by atoms with Crippen molar-refractivity contribution in [3.05, 3.63) is 53.7 Å². The third-order valence-corrected chi connectivity index (χ3v) is 3.99. The Bertz CT molecular complexity index is 736. The summed E-state index contributed by atoms with van der Waals surface area (Å²) in [6.45, 7) is 4.16. The van der Waals surface area contributed by atoms with Crippen LogP contribution in [0.25, 0.3) is 0 Å². The molecule has 1 aromatic carbocycles. The van der Waals surface area contributed by atoms with E-state index in [1.54, 1.807) is 7.11 Å². The van der Waals surface area contributed by atoms with E-state index in [0.717, 1.165) is 35.2 Å². The van der Waals surface area contributed by atoms with Crippen LogP contribution in [0.3, 0.4) is 0 Å². The summed E-state index contributed by atoms with van der Waals surface area (Å²) in [7, 11) is 7.72. The zero-order valence-electron chi connectivity index (χ0n) is 16.8. The van der Waals surface area contributed by atoms with Gasteiger partial charge in [-0.1, -0.05) is 24.3 Å². The van der Waals surface area contributed by atoms with Gasteiger partial charge in [0, 0.05) is 51.6 Å². The molecule has 0 aliphatic rings. The summed E-state index contributed by atoms with van der Waals surface area (Å²) in [5.74, 6) is 2.68. The summed E-state index contributed by atoms with van der Waals surface area (Å²) >= 11 is 0. The van der Waals surface area contributed by atoms with E-state index in [1.807, 2.05) is 56.5 Å². The molecule has 2 rings (SSSR count). The fourth-order valence-corrected chi connectivity index (χ4v) is 2.75. The van der Waals surface area contributed by atoms with Crippen LogP contribution in [0.15, 0.2) is 47.6 Å². The van der Waals surface area contributed by atoms with E-state index in [9.17, 15) is 0 Å². The number of pyridine rings is 1. The maximum Gasteiger partial charge on any atom is 0.194 e. The third-order valence-electron chi connectivity index (χ3n) is 3.99. The fraction of sp³-hybridized carbons (Fsp3) is 0.400. The Hall–Kier alpha value is -2.03. The van der Waals surface area contributed by atoms with Crippen LogP contribution in [0, 0.1) is 0 Å². The molecule has 1 N–H and O–H groups in total. The van der Waals surface area contributed by atoms with Crippen molar-refractivity contribution in [2.75, 3.05) is 39.7 Å². The Kier molecular flexibility index (Phi) is 9.92. The minimum atomic E-state index is 0. The number of hydrogen-bond acceptors (Lipinski definition) is 4. The summed E-state index contributed by atoms with van der Waals surface area (Å²) < 4.78 is 5.46. The molecule has 0 unspecified atom stereocenters. The summed E-state index contributed by atoms with van der Waals surface area (Å²) in [6, 6.07) is 12.1. The van der Waals surface area contributed by atoms with E-state index in [-0.39, 0.29) is 24.0 Å². The molecule has 0 bridgehead atoms. The molecule has 7 heteroatoms. The van der Waals surface area contributed by atoms with E-state index in [0.29, 0.717) is 13.1 Å². The molecule has 0 atom stereocenters. The molecule has 0 spiro atoms. The molecule has 0 radical (unpaired) electrons. The number of benzene rings is 1. The number of ether oxygens (including phenoxy) is 1. The first kappa shape index (κ1) is 23.0. The summed E-state index contributed by atoms with van der Waals surface area (Å²) in [4.78, 5) is 13.4. The van der Waals surface area contributed by atoms with Crippen LogP contribution in [0.4, 0.5) is 5.82 Å². The van der Waals surface area contributed by atoms with Crippen LogP contribution in [0.1, 0.15) is 18.1 Å². The van der Waals surface area contributed by atoms with Crippen molar-refractivity contribution < 1.29 is 4.74 Å². The van der Waals surface area contributed by atoms with Crippen molar-refractivity contribution in [1.82, 2.24) is 15.2 Å². The molecule has 0 fully saturated rings. The van der Waals surface area contributed by atoms with Gasteiger partial charge in [-0.25, -0.2) is 9.98 Å². The summed E-state index contributed by atoms with van der Waals surface area (Å²) in [5.41, 5.74) is 2.22. The first-order valence-corrected chi connectivity index (χ1v) is 8.79. The highest BCUT2D eigenvalue weighted by Crippen LogP contribution is 2.19. The molecule has 0 saturated heterocycles. The van der Waals surface area contributed by atoms with E-state index in [1.165, 1.54) is 0 Å². The molecule has 6 nitrogen and oxygen atoms in total. The largest absolute Gasteiger partial charge is 0.496 e. The number of aromatic nitrogens is 1. The number of rotatable bonds is 7. The lowest BCUT2D eigenvalue weighted by atomic mass is 10.2. The quantitative estimate of drug-likeness (QED) is 0.372. The van der Waals surface area contributed by atoms with Gasteiger partial charge in [0.05, 0.1) is 13.7 Å². The molecule has 0 saturated carbocycles. The maximum absolute atomic E-state index is 5.46. The van der Waals surface area contributed by atoms with E-state index in [4.69, 9.17) is 9.73 Å². The Labute approximate surface area is 179 Å². The van der Waals surface area contributed by atoms with Gasteiger partial charge in [0.2, 0.25) is 0 Å². The highest BCUT2D eigenvalue weighted by Gasteiger charge is 2.11. The second-order valence-corrected chi connectivity index (χ2v) is 6.22. The van der Waals surface area contributed by atoms with E-state index < -0.39 is 0 Å². The second kappa shape index (κ2) is 11.6. The lowest BCUT2D eigenvalue weighted by Gasteiger charge is -2.23. The zero-order valence-corrected chi connectivity index (χ0v) is 19.1. The van der Waals surface area contributed by atoms with Crippen LogP contribution in [-0.2, 0) is 13.1 Å². The molecule has 0 amide bonds. The Morgan fingerprint density at radius 3 is 2.48 bits per heavy atom. The van der Waals surface area contributed by atoms with Crippen LogP contribution in [0.2, 0.25) is 0 Å². The molecular weight excluding hydrogens is 453 g/mol. The van der Waals surface area contributed by atoms with Crippen molar-refractivity contribution in [1.29, 1.82) is 0 Å². The molecular formula is C20H30IN5O. The molecule has 1 aromatic heterocycles. The van der Waals surface area contributed by atoms with Crippen molar-refractivity contribution in [3.8, 4) is 5.75 Å². The minimum absolute atomic E-state index is 0. The minimum Gasteiger partial charge on any atom is -0.496 e. The Morgan fingerprint density at radius 1 is 1.11 bits per heavy atom. The molecule has 27 heavy (non-hydrogen) atoms. The number of methoxy groups -OCH3 is 1. The molecule has 0 aliphatic heterocycles. The van der Waals surface area contributed by atoms with Crippen molar-refractivity contribution >= 4 is 35.8 Å². The van der Waals surface area contributed by atoms with Gasteiger partial charge in [-0.2, -0.15) is 0 Å². The number of anilines is 1. The van der Waals surface area contributed by atoms with Gasteiger partial charge in [-0.3, -0.25) is 0 Å². The van der Waals surface area contributed by atoms with Gasteiger partial charge in [-0.15, -0.1) is 24.0 Å². The van der Waals surface area contributed by atoms with Gasteiger partial charge in [0.15, 0.2) is 5.96 Å². The van der Waals surface area contributed by atoms with Crippen molar-refractivity contribution in [3.63, 3.8) is 0 Å². The number of nitrogens with one attached hydrogen (secondary N) is 1. The maximum atomic E-state index is 5.46. The average molecular weight is 483 g/mol. The van der Waals surface area contributed by atoms with Gasteiger partial charge in [-0.05, 0) is 19.1 Å². The van der Waals surface area contributed by atoms with Crippen LogP contribution >= 0.6 is 24.0 Å². The Balaban J connectivity index is 0.00000364. The normalized spacial score (nSPS) is 10.8. The number of guanidine groups is 1. The van der Waals surface area contributed by atoms with Gasteiger partial charge in [0.1, 0.15) is 11.6 Å². The van der Waals surface area contributed by atoms with Crippen LogP contribution < -0.4 is 15.0 Å². The second-order valence-electron chi connectivity index (χ2n) is 6.22. The first-order chi connectivity index (χ1) is 12.6. The predicted molar refractivity (Wildman–Crippen MR) is 123 cm³/mol. The van der Waals surface area contributed by atoms with Gasteiger partial charge in [0.25, 0.3) is 0 Å². The Morgan fingerprint density at radius 2 is 1.81 bits per heavy atom. The number of hydrogen-bond donors (Lipinski definition) is 1. The average Bonchev–Trinajstić information content (AvgIpc) is 2.65. The first-order valence-electron chi connectivity index (χ1n) is 8.79. The fourth-order valence-electron chi connectivity index (χ4n) is 2.75. The summed E-state index contributed by atoms with van der Waals surface area (Å²) in [6.07, 6.45) is 1.81. The topological polar surface area (TPSA) is 53.0 Å². The number of aliphatic imine (C=N–C) groups is 1. The lowest BCUT2D eigenvalue weighted by Crippen LogP contribution is -2.38. The smallest absolute Gasteiger partial charge is 0.194 e. The number of para-hydroxylation sites is 1. The lowest BCUT2D eigenvalue weighted by molar-refractivity contribution is 0.396.